The molecule has 84 valence electrons. The van der Waals surface area contributed by atoms with Crippen LogP contribution in [0, 0.1) is 0 Å². The zero-order valence-electron chi connectivity index (χ0n) is 9.02. The molecule has 1 rings (SSSR count). The van der Waals surface area contributed by atoms with E-state index in [-0.39, 0.29) is 6.10 Å². The monoisotopic (exact) mass is 210 g/mol. The Bertz CT molecular complexity index is 254. The Balaban J connectivity index is 2.16. The van der Waals surface area contributed by atoms with Gasteiger partial charge in [-0.3, -0.25) is 4.98 Å². The first-order chi connectivity index (χ1) is 7.33. The Hall–Kier alpha value is -0.970. The van der Waals surface area contributed by atoms with Gasteiger partial charge in [-0.2, -0.15) is 0 Å². The molecule has 0 aliphatic heterocycles. The number of aliphatic hydroxyl groups excluding tert-OH is 1. The van der Waals surface area contributed by atoms with Crippen LogP contribution in [0.15, 0.2) is 24.5 Å². The standard InChI is InChI=1S/C11H18N2O2/c1-15-6-5-13-9-11(14)7-10-3-2-4-12-8-10/h2-4,8,11,13-14H,5-7,9H2,1H3. The van der Waals surface area contributed by atoms with Crippen molar-refractivity contribution in [1.82, 2.24) is 10.3 Å². The van der Waals surface area contributed by atoms with Crippen LogP contribution in [0.3, 0.4) is 0 Å². The van der Waals surface area contributed by atoms with Gasteiger partial charge in [0, 0.05) is 39.0 Å². The Morgan fingerprint density at radius 2 is 2.47 bits per heavy atom. The molecule has 0 fully saturated rings. The topological polar surface area (TPSA) is 54.4 Å². The van der Waals surface area contributed by atoms with Crippen molar-refractivity contribution in [2.45, 2.75) is 12.5 Å². The van der Waals surface area contributed by atoms with E-state index in [9.17, 15) is 5.11 Å². The van der Waals surface area contributed by atoms with Gasteiger partial charge in [0.2, 0.25) is 0 Å². The van der Waals surface area contributed by atoms with E-state index in [0.29, 0.717) is 19.6 Å². The van der Waals surface area contributed by atoms with Crippen molar-refractivity contribution in [2.75, 3.05) is 26.8 Å². The third-order valence-electron chi connectivity index (χ3n) is 2.06. The molecule has 15 heavy (non-hydrogen) atoms. The first-order valence-electron chi connectivity index (χ1n) is 5.09. The highest BCUT2D eigenvalue weighted by atomic mass is 16.5. The predicted octanol–water partition coefficient (Wildman–Crippen LogP) is 0.221. The molecule has 0 bridgehead atoms. The lowest BCUT2D eigenvalue weighted by Crippen LogP contribution is -2.30. The number of aromatic nitrogens is 1. The van der Waals surface area contributed by atoms with E-state index < -0.39 is 0 Å². The van der Waals surface area contributed by atoms with Gasteiger partial charge in [-0.1, -0.05) is 6.07 Å². The van der Waals surface area contributed by atoms with E-state index in [1.807, 2.05) is 12.1 Å². The molecular formula is C11H18N2O2. The molecule has 1 atom stereocenters. The largest absolute Gasteiger partial charge is 0.391 e. The van der Waals surface area contributed by atoms with Crippen LogP contribution in [0.5, 0.6) is 0 Å². The summed E-state index contributed by atoms with van der Waals surface area (Å²) in [6, 6.07) is 3.84. The van der Waals surface area contributed by atoms with E-state index >= 15 is 0 Å². The molecule has 4 heteroatoms. The number of pyridine rings is 1. The third kappa shape index (κ3) is 5.47. The number of hydrogen-bond donors (Lipinski definition) is 2. The molecule has 4 nitrogen and oxygen atoms in total. The third-order valence-corrected chi connectivity index (χ3v) is 2.06. The Morgan fingerprint density at radius 3 is 3.13 bits per heavy atom. The maximum Gasteiger partial charge on any atom is 0.0705 e. The molecule has 0 aliphatic carbocycles. The van der Waals surface area contributed by atoms with Crippen LogP contribution in [-0.4, -0.2) is 43.0 Å². The lowest BCUT2D eigenvalue weighted by atomic mass is 10.1. The smallest absolute Gasteiger partial charge is 0.0705 e. The van der Waals surface area contributed by atoms with Crippen molar-refractivity contribution in [3.8, 4) is 0 Å². The number of aliphatic hydroxyl groups is 1. The van der Waals surface area contributed by atoms with Gasteiger partial charge in [0.15, 0.2) is 0 Å². The van der Waals surface area contributed by atoms with Crippen molar-refractivity contribution in [1.29, 1.82) is 0 Å². The summed E-state index contributed by atoms with van der Waals surface area (Å²) in [4.78, 5) is 4.00. The van der Waals surface area contributed by atoms with Gasteiger partial charge in [0.1, 0.15) is 0 Å². The fourth-order valence-electron chi connectivity index (χ4n) is 1.31. The zero-order valence-corrected chi connectivity index (χ0v) is 9.02. The molecule has 1 unspecified atom stereocenters. The van der Waals surface area contributed by atoms with Gasteiger partial charge in [-0.15, -0.1) is 0 Å². The number of methoxy groups -OCH3 is 1. The Morgan fingerprint density at radius 1 is 1.60 bits per heavy atom. The molecule has 1 aromatic heterocycles. The SMILES string of the molecule is COCCNCC(O)Cc1cccnc1. The van der Waals surface area contributed by atoms with Crippen LogP contribution < -0.4 is 5.32 Å². The number of nitrogens with zero attached hydrogens (tertiary/aromatic N) is 1. The molecule has 0 aliphatic rings. The second-order valence-electron chi connectivity index (χ2n) is 3.42. The highest BCUT2D eigenvalue weighted by molar-refractivity contribution is 5.09. The molecule has 1 heterocycles. The van der Waals surface area contributed by atoms with Crippen molar-refractivity contribution in [2.24, 2.45) is 0 Å². The van der Waals surface area contributed by atoms with Gasteiger partial charge in [0.25, 0.3) is 0 Å². The Kier molecular flexibility index (Phi) is 5.92. The minimum Gasteiger partial charge on any atom is -0.391 e. The number of hydrogen-bond acceptors (Lipinski definition) is 4. The van der Waals surface area contributed by atoms with E-state index in [1.54, 1.807) is 19.5 Å². The van der Waals surface area contributed by atoms with E-state index in [1.165, 1.54) is 0 Å². The quantitative estimate of drug-likeness (QED) is 0.632. The van der Waals surface area contributed by atoms with Crippen LogP contribution in [-0.2, 0) is 11.2 Å². The predicted molar refractivity (Wildman–Crippen MR) is 58.7 cm³/mol. The average Bonchev–Trinajstić information content (AvgIpc) is 2.26. The molecule has 1 aromatic rings. The van der Waals surface area contributed by atoms with Crippen molar-refractivity contribution < 1.29 is 9.84 Å². The normalized spacial score (nSPS) is 12.7. The summed E-state index contributed by atoms with van der Waals surface area (Å²) in [5, 5.41) is 12.8. The van der Waals surface area contributed by atoms with Gasteiger partial charge >= 0.3 is 0 Å². The molecule has 0 amide bonds. The van der Waals surface area contributed by atoms with Gasteiger partial charge < -0.3 is 15.2 Å². The van der Waals surface area contributed by atoms with Crippen LogP contribution >= 0.6 is 0 Å². The van der Waals surface area contributed by atoms with E-state index in [2.05, 4.69) is 10.3 Å². The lowest BCUT2D eigenvalue weighted by Gasteiger charge is -2.11. The highest BCUT2D eigenvalue weighted by Crippen LogP contribution is 2.00. The minimum atomic E-state index is -0.369. The average molecular weight is 210 g/mol. The van der Waals surface area contributed by atoms with Crippen molar-refractivity contribution in [3.63, 3.8) is 0 Å². The fraction of sp³-hybridized carbons (Fsp3) is 0.545. The summed E-state index contributed by atoms with van der Waals surface area (Å²) in [5.74, 6) is 0. The molecule has 0 radical (unpaired) electrons. The fourth-order valence-corrected chi connectivity index (χ4v) is 1.31. The van der Waals surface area contributed by atoms with Crippen molar-refractivity contribution >= 4 is 0 Å². The van der Waals surface area contributed by atoms with Gasteiger partial charge in [-0.05, 0) is 11.6 Å². The summed E-state index contributed by atoms with van der Waals surface area (Å²) >= 11 is 0. The summed E-state index contributed by atoms with van der Waals surface area (Å²) in [7, 11) is 1.66. The summed E-state index contributed by atoms with van der Waals surface area (Å²) in [5.41, 5.74) is 1.05. The second kappa shape index (κ2) is 7.34. The molecule has 0 saturated heterocycles. The van der Waals surface area contributed by atoms with Crippen LogP contribution in [0.1, 0.15) is 5.56 Å². The van der Waals surface area contributed by atoms with Crippen molar-refractivity contribution in [3.05, 3.63) is 30.1 Å². The van der Waals surface area contributed by atoms with Crippen LogP contribution in [0.2, 0.25) is 0 Å². The molecule has 2 N–H and O–H groups in total. The minimum absolute atomic E-state index is 0.369. The van der Waals surface area contributed by atoms with Gasteiger partial charge in [0.05, 0.1) is 12.7 Å². The number of nitrogens with one attached hydrogen (secondary N) is 1. The molecular weight excluding hydrogens is 192 g/mol. The first kappa shape index (κ1) is 12.1. The lowest BCUT2D eigenvalue weighted by molar-refractivity contribution is 0.160. The number of ether oxygens (including phenoxy) is 1. The van der Waals surface area contributed by atoms with E-state index in [0.717, 1.165) is 12.1 Å². The Labute approximate surface area is 90.3 Å². The van der Waals surface area contributed by atoms with Crippen LogP contribution in [0.25, 0.3) is 0 Å². The zero-order chi connectivity index (χ0) is 10.9. The summed E-state index contributed by atoms with van der Waals surface area (Å²) < 4.78 is 4.89. The first-order valence-corrected chi connectivity index (χ1v) is 5.09. The molecule has 0 spiro atoms. The summed E-state index contributed by atoms with van der Waals surface area (Å²) in [6.07, 6.45) is 3.77. The second-order valence-corrected chi connectivity index (χ2v) is 3.42. The summed E-state index contributed by atoms with van der Waals surface area (Å²) in [6.45, 7) is 2.01. The molecule has 0 aromatic carbocycles. The molecule has 0 saturated carbocycles. The van der Waals surface area contributed by atoms with Crippen LogP contribution in [0.4, 0.5) is 0 Å². The van der Waals surface area contributed by atoms with Gasteiger partial charge in [-0.25, -0.2) is 0 Å². The highest BCUT2D eigenvalue weighted by Gasteiger charge is 2.04. The maximum absolute atomic E-state index is 9.67. The number of rotatable bonds is 7. The maximum atomic E-state index is 9.67. The van der Waals surface area contributed by atoms with E-state index in [4.69, 9.17) is 4.74 Å².